The second-order valence-electron chi connectivity index (χ2n) is 5.63. The average molecular weight is 320 g/mol. The molecule has 0 aromatic carbocycles. The number of hydrogen-bond donors (Lipinski definition) is 2. The molecule has 0 bridgehead atoms. The smallest absolute Gasteiger partial charge is 0.225 e. The highest BCUT2D eigenvalue weighted by Gasteiger charge is 2.35. The molecule has 2 N–H and O–H groups in total. The van der Waals surface area contributed by atoms with E-state index in [1.165, 1.54) is 0 Å². The Labute approximate surface area is 134 Å². The minimum atomic E-state index is -0.173. The minimum Gasteiger partial charge on any atom is -0.355 e. The van der Waals surface area contributed by atoms with E-state index in [1.807, 2.05) is 4.90 Å². The van der Waals surface area contributed by atoms with Crippen LogP contribution in [0.1, 0.15) is 46.5 Å². The SMILES string of the molecule is CCCNCCNC(=O)C1CC(=O)N(C(C)CCC)C1.Cl. The van der Waals surface area contributed by atoms with Crippen molar-refractivity contribution in [1.29, 1.82) is 0 Å². The van der Waals surface area contributed by atoms with E-state index in [-0.39, 0.29) is 36.2 Å². The first-order chi connectivity index (χ1) is 9.60. The van der Waals surface area contributed by atoms with Gasteiger partial charge in [0.25, 0.3) is 0 Å². The van der Waals surface area contributed by atoms with Gasteiger partial charge in [0.15, 0.2) is 0 Å². The van der Waals surface area contributed by atoms with Crippen molar-refractivity contribution in [3.05, 3.63) is 0 Å². The van der Waals surface area contributed by atoms with E-state index in [1.54, 1.807) is 0 Å². The molecule has 5 nitrogen and oxygen atoms in total. The average Bonchev–Trinajstić information content (AvgIpc) is 2.81. The Morgan fingerprint density at radius 3 is 2.62 bits per heavy atom. The van der Waals surface area contributed by atoms with E-state index >= 15 is 0 Å². The molecule has 1 heterocycles. The van der Waals surface area contributed by atoms with E-state index in [4.69, 9.17) is 0 Å². The molecule has 1 saturated heterocycles. The van der Waals surface area contributed by atoms with Gasteiger partial charge < -0.3 is 15.5 Å². The lowest BCUT2D eigenvalue weighted by Crippen LogP contribution is -2.38. The number of rotatable bonds is 9. The fourth-order valence-electron chi connectivity index (χ4n) is 2.63. The molecule has 0 spiro atoms. The van der Waals surface area contributed by atoms with Crippen LogP contribution < -0.4 is 10.6 Å². The summed E-state index contributed by atoms with van der Waals surface area (Å²) in [6.07, 6.45) is 3.52. The third-order valence-corrected chi connectivity index (χ3v) is 3.80. The molecule has 2 amide bonds. The van der Waals surface area contributed by atoms with Gasteiger partial charge in [-0.2, -0.15) is 0 Å². The predicted molar refractivity (Wildman–Crippen MR) is 87.6 cm³/mol. The van der Waals surface area contributed by atoms with Gasteiger partial charge >= 0.3 is 0 Å². The number of likely N-dealkylation sites (tertiary alicyclic amines) is 1. The summed E-state index contributed by atoms with van der Waals surface area (Å²) in [4.78, 5) is 25.9. The van der Waals surface area contributed by atoms with Gasteiger partial charge in [-0.05, 0) is 26.3 Å². The van der Waals surface area contributed by atoms with Crippen LogP contribution in [-0.4, -0.2) is 48.9 Å². The largest absolute Gasteiger partial charge is 0.355 e. The second-order valence-corrected chi connectivity index (χ2v) is 5.63. The Morgan fingerprint density at radius 1 is 1.29 bits per heavy atom. The van der Waals surface area contributed by atoms with E-state index < -0.39 is 0 Å². The van der Waals surface area contributed by atoms with E-state index in [0.717, 1.165) is 32.4 Å². The fraction of sp³-hybridized carbons (Fsp3) is 0.867. The summed E-state index contributed by atoms with van der Waals surface area (Å²) >= 11 is 0. The van der Waals surface area contributed by atoms with Crippen LogP contribution >= 0.6 is 12.4 Å². The minimum absolute atomic E-state index is 0. The fourth-order valence-corrected chi connectivity index (χ4v) is 2.63. The van der Waals surface area contributed by atoms with Gasteiger partial charge in [0.05, 0.1) is 5.92 Å². The van der Waals surface area contributed by atoms with Crippen LogP contribution in [0.4, 0.5) is 0 Å². The van der Waals surface area contributed by atoms with Crippen molar-refractivity contribution in [1.82, 2.24) is 15.5 Å². The molecule has 1 aliphatic heterocycles. The van der Waals surface area contributed by atoms with Gasteiger partial charge in [0, 0.05) is 32.1 Å². The first kappa shape index (κ1) is 20.2. The number of amides is 2. The third-order valence-electron chi connectivity index (χ3n) is 3.80. The lowest BCUT2D eigenvalue weighted by Gasteiger charge is -2.24. The van der Waals surface area contributed by atoms with Crippen LogP contribution in [0, 0.1) is 5.92 Å². The van der Waals surface area contributed by atoms with Gasteiger partial charge in [-0.25, -0.2) is 0 Å². The van der Waals surface area contributed by atoms with Crippen molar-refractivity contribution in [3.8, 4) is 0 Å². The van der Waals surface area contributed by atoms with Crippen molar-refractivity contribution < 1.29 is 9.59 Å². The van der Waals surface area contributed by atoms with Gasteiger partial charge in [-0.15, -0.1) is 12.4 Å². The quantitative estimate of drug-likeness (QED) is 0.634. The molecule has 124 valence electrons. The van der Waals surface area contributed by atoms with Crippen molar-refractivity contribution in [2.45, 2.75) is 52.5 Å². The van der Waals surface area contributed by atoms with Crippen molar-refractivity contribution in [2.24, 2.45) is 5.92 Å². The molecule has 1 rings (SSSR count). The highest BCUT2D eigenvalue weighted by Crippen LogP contribution is 2.22. The van der Waals surface area contributed by atoms with Gasteiger partial charge in [0.2, 0.25) is 11.8 Å². The lowest BCUT2D eigenvalue weighted by atomic mass is 10.1. The molecule has 0 aromatic heterocycles. The monoisotopic (exact) mass is 319 g/mol. The summed E-state index contributed by atoms with van der Waals surface area (Å²) < 4.78 is 0. The Morgan fingerprint density at radius 2 is 2.00 bits per heavy atom. The van der Waals surface area contributed by atoms with Gasteiger partial charge in [0.1, 0.15) is 0 Å². The van der Waals surface area contributed by atoms with Gasteiger partial charge in [-0.3, -0.25) is 9.59 Å². The van der Waals surface area contributed by atoms with Crippen LogP contribution in [0.3, 0.4) is 0 Å². The molecular formula is C15H30ClN3O2. The van der Waals surface area contributed by atoms with Crippen LogP contribution in [0.15, 0.2) is 0 Å². The molecule has 2 unspecified atom stereocenters. The van der Waals surface area contributed by atoms with Crippen molar-refractivity contribution in [3.63, 3.8) is 0 Å². The third kappa shape index (κ3) is 6.66. The number of carbonyl (C=O) groups excluding carboxylic acids is 2. The molecule has 0 radical (unpaired) electrons. The standard InChI is InChI=1S/C15H29N3O2.ClH/c1-4-6-12(3)18-11-13(10-14(18)19)15(20)17-9-8-16-7-5-2;/h12-13,16H,4-11H2,1-3H3,(H,17,20);1H. The molecule has 1 aliphatic rings. The highest BCUT2D eigenvalue weighted by atomic mass is 35.5. The van der Waals surface area contributed by atoms with Crippen molar-refractivity contribution in [2.75, 3.05) is 26.2 Å². The maximum Gasteiger partial charge on any atom is 0.225 e. The highest BCUT2D eigenvalue weighted by molar-refractivity contribution is 5.89. The van der Waals surface area contributed by atoms with Crippen LogP contribution in [0.2, 0.25) is 0 Å². The summed E-state index contributed by atoms with van der Waals surface area (Å²) in [5, 5.41) is 6.16. The zero-order chi connectivity index (χ0) is 15.0. The van der Waals surface area contributed by atoms with E-state index in [9.17, 15) is 9.59 Å². The molecular weight excluding hydrogens is 290 g/mol. The Kier molecular flexibility index (Phi) is 10.4. The van der Waals surface area contributed by atoms with Crippen LogP contribution in [-0.2, 0) is 9.59 Å². The zero-order valence-corrected chi connectivity index (χ0v) is 14.3. The Hall–Kier alpha value is -0.810. The summed E-state index contributed by atoms with van der Waals surface area (Å²) in [7, 11) is 0. The molecule has 0 aromatic rings. The summed E-state index contributed by atoms with van der Waals surface area (Å²) in [6.45, 7) is 9.27. The number of nitrogens with one attached hydrogen (secondary N) is 2. The topological polar surface area (TPSA) is 61.4 Å². The van der Waals surface area contributed by atoms with Crippen molar-refractivity contribution >= 4 is 24.2 Å². The maximum absolute atomic E-state index is 12.0. The van der Waals surface area contributed by atoms with Crippen LogP contribution in [0.5, 0.6) is 0 Å². The second kappa shape index (κ2) is 10.9. The molecule has 6 heteroatoms. The number of halogens is 1. The van der Waals surface area contributed by atoms with Crippen LogP contribution in [0.25, 0.3) is 0 Å². The number of hydrogen-bond acceptors (Lipinski definition) is 3. The number of nitrogens with zero attached hydrogens (tertiary/aromatic N) is 1. The zero-order valence-electron chi connectivity index (χ0n) is 13.5. The van der Waals surface area contributed by atoms with E-state index in [2.05, 4.69) is 31.4 Å². The van der Waals surface area contributed by atoms with E-state index in [0.29, 0.717) is 19.5 Å². The predicted octanol–water partition coefficient (Wildman–Crippen LogP) is 1.56. The first-order valence-corrected chi connectivity index (χ1v) is 7.88. The lowest BCUT2D eigenvalue weighted by molar-refractivity contribution is -0.130. The number of carbonyl (C=O) groups is 2. The van der Waals surface area contributed by atoms with Gasteiger partial charge in [-0.1, -0.05) is 20.3 Å². The molecule has 21 heavy (non-hydrogen) atoms. The summed E-state index contributed by atoms with van der Waals surface area (Å²) in [5.74, 6) is -0.0361. The molecule has 1 fully saturated rings. The summed E-state index contributed by atoms with van der Waals surface area (Å²) in [6, 6.07) is 0.247. The summed E-state index contributed by atoms with van der Waals surface area (Å²) in [5.41, 5.74) is 0. The molecule has 2 atom stereocenters. The first-order valence-electron chi connectivity index (χ1n) is 7.88. The normalized spacial score (nSPS) is 19.3. The molecule has 0 aliphatic carbocycles. The Balaban J connectivity index is 0.00000400. The Bertz CT molecular complexity index is 326. The molecule has 0 saturated carbocycles. The maximum atomic E-state index is 12.0.